The third-order valence-corrected chi connectivity index (χ3v) is 10.0. The Balaban J connectivity index is 1.32. The van der Waals surface area contributed by atoms with Crippen molar-refractivity contribution in [1.29, 1.82) is 0 Å². The van der Waals surface area contributed by atoms with Gasteiger partial charge in [0.25, 0.3) is 0 Å². The van der Waals surface area contributed by atoms with E-state index in [-0.39, 0.29) is 55.0 Å². The standard InChI is InChI=1S/C36H45N3O6/c1-23(2)29-20-30-36(35(43)44-3,33(45-29)25-14-15-25)21-27(19-31(40)37-16-8-18-38-17-7-13-32(38)41)34(42)39(30)22-26-11-6-10-24-9-4-5-12-28(24)26/h4-6,9-12,20,23,25,27,29,33H,7-8,13-19,21-22H2,1-3H3,(H,37,40)/t27-,29-,33-,36-/m0/s1. The van der Waals surface area contributed by atoms with E-state index in [0.29, 0.717) is 31.6 Å². The molecule has 9 heteroatoms. The number of fused-ring (bicyclic) bond motifs is 2. The van der Waals surface area contributed by atoms with Gasteiger partial charge in [0.1, 0.15) is 5.41 Å². The zero-order chi connectivity index (χ0) is 31.7. The van der Waals surface area contributed by atoms with Gasteiger partial charge in [-0.25, -0.2) is 0 Å². The Morgan fingerprint density at radius 1 is 1.11 bits per heavy atom. The molecular weight excluding hydrogens is 570 g/mol. The minimum atomic E-state index is -1.19. The molecule has 0 unspecified atom stereocenters. The van der Waals surface area contributed by atoms with Gasteiger partial charge < -0.3 is 24.6 Å². The number of likely N-dealkylation sites (tertiary alicyclic amines) is 2. The van der Waals surface area contributed by atoms with Crippen LogP contribution in [0.5, 0.6) is 0 Å². The van der Waals surface area contributed by atoms with Crippen LogP contribution >= 0.6 is 0 Å². The molecule has 240 valence electrons. The molecular formula is C36H45N3O6. The summed E-state index contributed by atoms with van der Waals surface area (Å²) in [6.07, 6.45) is 5.42. The number of ether oxygens (including phenoxy) is 2. The molecule has 0 spiro atoms. The Bertz CT molecular complexity index is 1490. The lowest BCUT2D eigenvalue weighted by Gasteiger charge is -2.53. The van der Waals surface area contributed by atoms with Crippen molar-refractivity contribution < 1.29 is 28.7 Å². The highest BCUT2D eigenvalue weighted by Crippen LogP contribution is 2.56. The molecule has 2 aromatic rings. The molecule has 1 aliphatic carbocycles. The molecule has 3 amide bonds. The fourth-order valence-electron chi connectivity index (χ4n) is 7.55. The molecule has 3 aliphatic heterocycles. The summed E-state index contributed by atoms with van der Waals surface area (Å²) in [5, 5.41) is 5.08. The van der Waals surface area contributed by atoms with Crippen LogP contribution in [0.3, 0.4) is 0 Å². The third-order valence-electron chi connectivity index (χ3n) is 10.0. The zero-order valence-electron chi connectivity index (χ0n) is 26.6. The first kappa shape index (κ1) is 31.3. The van der Waals surface area contributed by atoms with Crippen molar-refractivity contribution in [3.8, 4) is 0 Å². The molecule has 2 saturated heterocycles. The molecule has 4 aliphatic rings. The topological polar surface area (TPSA) is 105 Å². The summed E-state index contributed by atoms with van der Waals surface area (Å²) in [4.78, 5) is 57.4. The van der Waals surface area contributed by atoms with E-state index < -0.39 is 23.4 Å². The number of piperidine rings is 1. The molecule has 0 bridgehead atoms. The second kappa shape index (κ2) is 12.9. The number of hydrogen-bond acceptors (Lipinski definition) is 6. The maximum atomic E-state index is 14.5. The van der Waals surface area contributed by atoms with Gasteiger partial charge in [0.2, 0.25) is 17.7 Å². The van der Waals surface area contributed by atoms with Crippen LogP contribution in [0.1, 0.15) is 64.4 Å². The summed E-state index contributed by atoms with van der Waals surface area (Å²) in [5.41, 5.74) is 0.431. The van der Waals surface area contributed by atoms with Gasteiger partial charge in [0.05, 0.1) is 25.9 Å². The van der Waals surface area contributed by atoms with Crippen LogP contribution in [-0.4, -0.2) is 72.4 Å². The van der Waals surface area contributed by atoms with Crippen LogP contribution in [0.15, 0.2) is 54.2 Å². The van der Waals surface area contributed by atoms with E-state index >= 15 is 0 Å². The number of benzene rings is 2. The first-order valence-corrected chi connectivity index (χ1v) is 16.5. The predicted octanol–water partition coefficient (Wildman–Crippen LogP) is 4.58. The van der Waals surface area contributed by atoms with Gasteiger partial charge in [-0.15, -0.1) is 0 Å². The van der Waals surface area contributed by atoms with Crippen molar-refractivity contribution in [2.45, 2.75) is 77.5 Å². The summed E-state index contributed by atoms with van der Waals surface area (Å²) in [6.45, 7) is 6.24. The minimum Gasteiger partial charge on any atom is -0.468 e. The van der Waals surface area contributed by atoms with Crippen molar-refractivity contribution in [2.75, 3.05) is 26.7 Å². The fourth-order valence-corrected chi connectivity index (χ4v) is 7.55. The van der Waals surface area contributed by atoms with Crippen molar-refractivity contribution in [1.82, 2.24) is 15.1 Å². The zero-order valence-corrected chi connectivity index (χ0v) is 26.6. The summed E-state index contributed by atoms with van der Waals surface area (Å²) >= 11 is 0. The Kier molecular flexibility index (Phi) is 9.00. The number of amides is 3. The molecule has 9 nitrogen and oxygen atoms in total. The molecule has 0 radical (unpaired) electrons. The van der Waals surface area contributed by atoms with Crippen molar-refractivity contribution >= 4 is 34.5 Å². The quantitative estimate of drug-likeness (QED) is 0.293. The Hall–Kier alpha value is -3.72. The molecule has 2 aromatic carbocycles. The minimum absolute atomic E-state index is 0.0372. The number of carbonyl (C=O) groups is 4. The lowest BCUT2D eigenvalue weighted by atomic mass is 9.64. The van der Waals surface area contributed by atoms with Gasteiger partial charge in [-0.3, -0.25) is 19.2 Å². The third kappa shape index (κ3) is 6.11. The molecule has 3 fully saturated rings. The number of esters is 1. The van der Waals surface area contributed by atoms with E-state index in [0.717, 1.165) is 42.1 Å². The highest BCUT2D eigenvalue weighted by molar-refractivity contribution is 5.93. The first-order chi connectivity index (χ1) is 21.7. The second-order valence-electron chi connectivity index (χ2n) is 13.5. The largest absolute Gasteiger partial charge is 0.468 e. The van der Waals surface area contributed by atoms with Crippen LogP contribution in [0, 0.1) is 23.2 Å². The summed E-state index contributed by atoms with van der Waals surface area (Å²) in [7, 11) is 1.39. The first-order valence-electron chi connectivity index (χ1n) is 16.5. The number of methoxy groups -OCH3 is 1. The molecule has 4 atom stereocenters. The Labute approximate surface area is 265 Å². The van der Waals surface area contributed by atoms with Crippen LogP contribution in [0.2, 0.25) is 0 Å². The van der Waals surface area contributed by atoms with E-state index in [4.69, 9.17) is 9.47 Å². The normalized spacial score (nSPS) is 26.7. The summed E-state index contributed by atoms with van der Waals surface area (Å²) in [5.74, 6) is -1.05. The Morgan fingerprint density at radius 3 is 2.60 bits per heavy atom. The van der Waals surface area contributed by atoms with Crippen molar-refractivity contribution in [3.05, 3.63) is 59.8 Å². The van der Waals surface area contributed by atoms with Gasteiger partial charge >= 0.3 is 5.97 Å². The summed E-state index contributed by atoms with van der Waals surface area (Å²) < 4.78 is 12.2. The van der Waals surface area contributed by atoms with Crippen LogP contribution in [0.4, 0.5) is 0 Å². The molecule has 6 rings (SSSR count). The maximum absolute atomic E-state index is 14.5. The lowest BCUT2D eigenvalue weighted by Crippen LogP contribution is -2.61. The van der Waals surface area contributed by atoms with Gasteiger partial charge in [0, 0.05) is 44.1 Å². The molecule has 45 heavy (non-hydrogen) atoms. The molecule has 1 saturated carbocycles. The number of nitrogens with zero attached hydrogens (tertiary/aromatic N) is 2. The average Bonchev–Trinajstić information content (AvgIpc) is 3.80. The highest BCUT2D eigenvalue weighted by atomic mass is 16.5. The van der Waals surface area contributed by atoms with E-state index in [9.17, 15) is 19.2 Å². The maximum Gasteiger partial charge on any atom is 0.320 e. The van der Waals surface area contributed by atoms with Crippen LogP contribution in [-0.2, 0) is 35.2 Å². The smallest absolute Gasteiger partial charge is 0.320 e. The number of nitrogens with one attached hydrogen (secondary N) is 1. The lowest BCUT2D eigenvalue weighted by molar-refractivity contribution is -0.182. The van der Waals surface area contributed by atoms with Crippen LogP contribution in [0.25, 0.3) is 10.8 Å². The molecule has 1 N–H and O–H groups in total. The highest BCUT2D eigenvalue weighted by Gasteiger charge is 2.63. The van der Waals surface area contributed by atoms with Gasteiger partial charge in [-0.05, 0) is 66.4 Å². The average molecular weight is 616 g/mol. The van der Waals surface area contributed by atoms with Gasteiger partial charge in [-0.1, -0.05) is 56.3 Å². The number of hydrogen-bond donors (Lipinski definition) is 1. The van der Waals surface area contributed by atoms with E-state index in [1.54, 1.807) is 4.90 Å². The van der Waals surface area contributed by atoms with Gasteiger partial charge in [0.15, 0.2) is 0 Å². The second-order valence-corrected chi connectivity index (χ2v) is 13.5. The predicted molar refractivity (Wildman–Crippen MR) is 169 cm³/mol. The number of carbonyl (C=O) groups excluding carboxylic acids is 4. The fraction of sp³-hybridized carbons (Fsp3) is 0.556. The van der Waals surface area contributed by atoms with E-state index in [1.165, 1.54) is 7.11 Å². The SMILES string of the molecule is COC(=O)[C@@]12C[C@H](CC(=O)NCCCN3CCCC3=O)C(=O)N(Cc3cccc4ccccc34)C1=C[C@@H](C(C)C)O[C@H]2C1CC1. The van der Waals surface area contributed by atoms with E-state index in [1.807, 2.05) is 47.4 Å². The van der Waals surface area contributed by atoms with Crippen LogP contribution < -0.4 is 5.32 Å². The van der Waals surface area contributed by atoms with Crippen molar-refractivity contribution in [2.24, 2.45) is 23.2 Å². The monoisotopic (exact) mass is 615 g/mol. The Morgan fingerprint density at radius 2 is 1.89 bits per heavy atom. The number of rotatable bonds is 11. The van der Waals surface area contributed by atoms with Crippen molar-refractivity contribution in [3.63, 3.8) is 0 Å². The van der Waals surface area contributed by atoms with Gasteiger partial charge in [-0.2, -0.15) is 0 Å². The molecule has 3 heterocycles. The molecule has 0 aromatic heterocycles. The van der Waals surface area contributed by atoms with E-state index in [2.05, 4.69) is 25.2 Å². The summed E-state index contributed by atoms with van der Waals surface area (Å²) in [6, 6.07) is 14.1.